The van der Waals surface area contributed by atoms with E-state index in [2.05, 4.69) is 34.5 Å². The Morgan fingerprint density at radius 3 is 2.68 bits per heavy atom. The van der Waals surface area contributed by atoms with Gasteiger partial charge in [0, 0.05) is 31.2 Å². The third kappa shape index (κ3) is 3.56. The highest BCUT2D eigenvalue weighted by atomic mass is 16.3. The average Bonchev–Trinajstić information content (AvgIpc) is 3.20. The second-order valence-electron chi connectivity index (χ2n) is 5.95. The summed E-state index contributed by atoms with van der Waals surface area (Å²) in [6, 6.07) is 12.0. The number of rotatable bonds is 6. The van der Waals surface area contributed by atoms with Crippen LogP contribution in [0.5, 0.6) is 0 Å². The quantitative estimate of drug-likeness (QED) is 0.812. The van der Waals surface area contributed by atoms with Crippen LogP contribution in [0.2, 0.25) is 0 Å². The Kier molecular flexibility index (Phi) is 4.16. The zero-order valence-electron chi connectivity index (χ0n) is 11.5. The number of hydrogen-bond acceptors (Lipinski definition) is 3. The molecule has 3 heteroatoms. The molecule has 3 rings (SSSR count). The molecular formula is C16H24N2O. The van der Waals surface area contributed by atoms with Gasteiger partial charge in [-0.1, -0.05) is 30.3 Å². The molecule has 0 amide bonds. The molecule has 2 fully saturated rings. The Hall–Kier alpha value is -0.900. The van der Waals surface area contributed by atoms with Crippen LogP contribution in [-0.4, -0.2) is 47.8 Å². The van der Waals surface area contributed by atoms with Gasteiger partial charge in [0.1, 0.15) is 0 Å². The molecule has 0 bridgehead atoms. The lowest BCUT2D eigenvalue weighted by atomic mass is 10.1. The third-order valence-electron chi connectivity index (χ3n) is 4.30. The van der Waals surface area contributed by atoms with Crippen LogP contribution in [0.4, 0.5) is 0 Å². The van der Waals surface area contributed by atoms with E-state index in [1.165, 1.54) is 31.4 Å². The largest absolute Gasteiger partial charge is 0.395 e. The zero-order chi connectivity index (χ0) is 13.1. The van der Waals surface area contributed by atoms with Gasteiger partial charge in [0.2, 0.25) is 0 Å². The standard InChI is InChI=1S/C16H24N2O/c19-12-15(10-13-4-2-1-3-5-13)17-14-8-9-18(11-14)16-6-7-16/h1-5,14-17,19H,6-12H2/t14?,15-/m0/s1. The van der Waals surface area contributed by atoms with Crippen LogP contribution in [0.15, 0.2) is 30.3 Å². The molecule has 1 aromatic rings. The van der Waals surface area contributed by atoms with Crippen LogP contribution in [0.25, 0.3) is 0 Å². The second kappa shape index (κ2) is 6.04. The number of nitrogens with one attached hydrogen (secondary N) is 1. The van der Waals surface area contributed by atoms with Crippen LogP contribution in [0, 0.1) is 0 Å². The van der Waals surface area contributed by atoms with Crippen LogP contribution >= 0.6 is 0 Å². The SMILES string of the molecule is OC[C@H](Cc1ccccc1)NC1CCN(C2CC2)C1. The Morgan fingerprint density at radius 1 is 1.21 bits per heavy atom. The monoisotopic (exact) mass is 260 g/mol. The molecule has 0 radical (unpaired) electrons. The lowest BCUT2D eigenvalue weighted by Crippen LogP contribution is -2.43. The lowest BCUT2D eigenvalue weighted by Gasteiger charge is -2.22. The zero-order valence-corrected chi connectivity index (χ0v) is 11.5. The van der Waals surface area contributed by atoms with Gasteiger partial charge in [-0.3, -0.25) is 4.90 Å². The molecule has 2 atom stereocenters. The second-order valence-corrected chi connectivity index (χ2v) is 5.95. The van der Waals surface area contributed by atoms with Crippen molar-refractivity contribution in [3.05, 3.63) is 35.9 Å². The van der Waals surface area contributed by atoms with Gasteiger partial charge in [0.05, 0.1) is 6.61 Å². The summed E-state index contributed by atoms with van der Waals surface area (Å²) in [5.74, 6) is 0. The van der Waals surface area contributed by atoms with Crippen LogP contribution < -0.4 is 5.32 Å². The van der Waals surface area contributed by atoms with Crippen LogP contribution in [0.3, 0.4) is 0 Å². The maximum atomic E-state index is 9.56. The first-order valence-corrected chi connectivity index (χ1v) is 7.50. The van der Waals surface area contributed by atoms with E-state index in [-0.39, 0.29) is 12.6 Å². The smallest absolute Gasteiger partial charge is 0.0587 e. The first kappa shape index (κ1) is 13.1. The van der Waals surface area contributed by atoms with Crippen LogP contribution in [-0.2, 0) is 6.42 Å². The highest BCUT2D eigenvalue weighted by Gasteiger charge is 2.34. The maximum absolute atomic E-state index is 9.56. The van der Waals surface area contributed by atoms with Gasteiger partial charge in [-0.25, -0.2) is 0 Å². The minimum Gasteiger partial charge on any atom is -0.395 e. The highest BCUT2D eigenvalue weighted by Crippen LogP contribution is 2.29. The lowest BCUT2D eigenvalue weighted by molar-refractivity contribution is 0.227. The van der Waals surface area contributed by atoms with Crippen molar-refractivity contribution in [2.75, 3.05) is 19.7 Å². The van der Waals surface area contributed by atoms with Crippen molar-refractivity contribution in [1.29, 1.82) is 0 Å². The number of hydrogen-bond donors (Lipinski definition) is 2. The summed E-state index contributed by atoms with van der Waals surface area (Å²) in [4.78, 5) is 2.61. The summed E-state index contributed by atoms with van der Waals surface area (Å²) in [7, 11) is 0. The van der Waals surface area contributed by atoms with Crippen molar-refractivity contribution in [3.63, 3.8) is 0 Å². The average molecular weight is 260 g/mol. The topological polar surface area (TPSA) is 35.5 Å². The number of likely N-dealkylation sites (tertiary alicyclic amines) is 1. The maximum Gasteiger partial charge on any atom is 0.0587 e. The summed E-state index contributed by atoms with van der Waals surface area (Å²) in [5, 5.41) is 13.2. The molecule has 104 valence electrons. The molecule has 1 saturated carbocycles. The number of aliphatic hydroxyl groups excluding tert-OH is 1. The van der Waals surface area contributed by atoms with Gasteiger partial charge in [-0.05, 0) is 31.2 Å². The van der Waals surface area contributed by atoms with Crippen molar-refractivity contribution in [2.24, 2.45) is 0 Å². The summed E-state index contributed by atoms with van der Waals surface area (Å²) in [6.45, 7) is 2.61. The molecule has 1 aromatic carbocycles. The van der Waals surface area contributed by atoms with Gasteiger partial charge in [0.15, 0.2) is 0 Å². The Bertz CT molecular complexity index is 391. The number of nitrogens with zero attached hydrogens (tertiary/aromatic N) is 1. The van der Waals surface area contributed by atoms with Crippen molar-refractivity contribution in [3.8, 4) is 0 Å². The number of benzene rings is 1. The van der Waals surface area contributed by atoms with E-state index < -0.39 is 0 Å². The van der Waals surface area contributed by atoms with Gasteiger partial charge in [-0.15, -0.1) is 0 Å². The highest BCUT2D eigenvalue weighted by molar-refractivity contribution is 5.16. The summed E-state index contributed by atoms with van der Waals surface area (Å²) in [5.41, 5.74) is 1.30. The van der Waals surface area contributed by atoms with Crippen molar-refractivity contribution in [1.82, 2.24) is 10.2 Å². The van der Waals surface area contributed by atoms with Gasteiger partial charge >= 0.3 is 0 Å². The molecule has 19 heavy (non-hydrogen) atoms. The fraction of sp³-hybridized carbons (Fsp3) is 0.625. The normalized spacial score (nSPS) is 25.6. The van der Waals surface area contributed by atoms with Crippen molar-refractivity contribution in [2.45, 2.75) is 43.8 Å². The minimum absolute atomic E-state index is 0.187. The van der Waals surface area contributed by atoms with Crippen molar-refractivity contribution < 1.29 is 5.11 Å². The molecular weight excluding hydrogens is 236 g/mol. The molecule has 1 unspecified atom stereocenters. The van der Waals surface area contributed by atoms with Gasteiger partial charge < -0.3 is 10.4 Å². The third-order valence-corrected chi connectivity index (χ3v) is 4.30. The van der Waals surface area contributed by atoms with E-state index in [0.717, 1.165) is 19.0 Å². The summed E-state index contributed by atoms with van der Waals surface area (Å²) >= 11 is 0. The molecule has 3 nitrogen and oxygen atoms in total. The predicted octanol–water partition coefficient (Wildman–Crippen LogP) is 1.42. The van der Waals surface area contributed by atoms with Gasteiger partial charge in [0.25, 0.3) is 0 Å². The summed E-state index contributed by atoms with van der Waals surface area (Å²) in [6.07, 6.45) is 4.92. The summed E-state index contributed by atoms with van der Waals surface area (Å²) < 4.78 is 0. The first-order valence-electron chi connectivity index (χ1n) is 7.50. The van der Waals surface area contributed by atoms with E-state index in [9.17, 15) is 5.11 Å². The van der Waals surface area contributed by atoms with Gasteiger partial charge in [-0.2, -0.15) is 0 Å². The molecule has 0 aromatic heterocycles. The molecule has 1 aliphatic heterocycles. The molecule has 1 heterocycles. The van der Waals surface area contributed by atoms with E-state index in [1.54, 1.807) is 0 Å². The Balaban J connectivity index is 1.49. The van der Waals surface area contributed by atoms with E-state index in [0.29, 0.717) is 6.04 Å². The molecule has 2 aliphatic rings. The number of aliphatic hydroxyl groups is 1. The van der Waals surface area contributed by atoms with Crippen LogP contribution in [0.1, 0.15) is 24.8 Å². The Labute approximate surface area is 115 Å². The van der Waals surface area contributed by atoms with E-state index in [4.69, 9.17) is 0 Å². The fourth-order valence-electron chi connectivity index (χ4n) is 3.10. The molecule has 0 spiro atoms. The predicted molar refractivity (Wildman–Crippen MR) is 77.2 cm³/mol. The Morgan fingerprint density at radius 2 is 2.00 bits per heavy atom. The first-order chi connectivity index (χ1) is 9.35. The minimum atomic E-state index is 0.187. The molecule has 1 aliphatic carbocycles. The van der Waals surface area contributed by atoms with E-state index in [1.807, 2.05) is 6.07 Å². The van der Waals surface area contributed by atoms with Crippen molar-refractivity contribution >= 4 is 0 Å². The fourth-order valence-corrected chi connectivity index (χ4v) is 3.10. The molecule has 2 N–H and O–H groups in total. The molecule has 1 saturated heterocycles. The van der Waals surface area contributed by atoms with E-state index >= 15 is 0 Å².